The Hall–Kier alpha value is -2.71. The summed E-state index contributed by atoms with van der Waals surface area (Å²) in [7, 11) is -3.91. The highest BCUT2D eigenvalue weighted by atomic mass is 32.2. The number of hydrogen-bond donors (Lipinski definition) is 0. The summed E-state index contributed by atoms with van der Waals surface area (Å²) in [6.07, 6.45) is 0.210. The van der Waals surface area contributed by atoms with Gasteiger partial charge in [0.25, 0.3) is 21.9 Å². The van der Waals surface area contributed by atoms with E-state index in [0.29, 0.717) is 23.5 Å². The van der Waals surface area contributed by atoms with Gasteiger partial charge in [-0.25, -0.2) is 0 Å². The highest BCUT2D eigenvalue weighted by Gasteiger charge is 2.34. The van der Waals surface area contributed by atoms with Crippen molar-refractivity contribution in [3.63, 3.8) is 0 Å². The minimum absolute atomic E-state index is 0.0201. The Kier molecular flexibility index (Phi) is 5.57. The number of nitrogens with zero attached hydrogens (tertiary/aromatic N) is 1. The smallest absolute Gasteiger partial charge is 0.296 e. The fourth-order valence-corrected chi connectivity index (χ4v) is 3.71. The van der Waals surface area contributed by atoms with E-state index in [-0.39, 0.29) is 36.3 Å². The van der Waals surface area contributed by atoms with Gasteiger partial charge in [0.2, 0.25) is 0 Å². The molecule has 0 aliphatic carbocycles. The van der Waals surface area contributed by atoms with Crippen molar-refractivity contribution in [1.29, 1.82) is 0 Å². The zero-order valence-corrected chi connectivity index (χ0v) is 15.6. The second-order valence-electron chi connectivity index (χ2n) is 5.84. The van der Waals surface area contributed by atoms with Gasteiger partial charge in [0, 0.05) is 6.54 Å². The number of benzene rings is 2. The molecule has 0 radical (unpaired) electrons. The van der Waals surface area contributed by atoms with E-state index in [1.54, 1.807) is 36.4 Å². The minimum Gasteiger partial charge on any atom is -0.494 e. The van der Waals surface area contributed by atoms with E-state index < -0.39 is 10.1 Å². The van der Waals surface area contributed by atoms with E-state index in [1.165, 1.54) is 12.1 Å². The first-order valence-corrected chi connectivity index (χ1v) is 9.92. The molecule has 2 amide bonds. The molecule has 1 aliphatic rings. The predicted molar refractivity (Wildman–Crippen MR) is 97.2 cm³/mol. The molecule has 0 atom stereocenters. The van der Waals surface area contributed by atoms with Gasteiger partial charge in [0.15, 0.2) is 0 Å². The van der Waals surface area contributed by atoms with E-state index in [9.17, 15) is 18.0 Å². The van der Waals surface area contributed by atoms with Crippen LogP contribution >= 0.6 is 0 Å². The molecule has 1 aliphatic heterocycles. The molecule has 0 aromatic heterocycles. The molecule has 3 rings (SSSR count). The van der Waals surface area contributed by atoms with Crippen LogP contribution in [0.15, 0.2) is 53.4 Å². The molecule has 0 unspecified atom stereocenters. The second kappa shape index (κ2) is 7.89. The highest BCUT2D eigenvalue weighted by molar-refractivity contribution is 7.86. The maximum atomic E-state index is 12.2. The van der Waals surface area contributed by atoms with Gasteiger partial charge in [0.1, 0.15) is 5.75 Å². The highest BCUT2D eigenvalue weighted by Crippen LogP contribution is 2.23. The SMILES string of the molecule is CCOc1ccc(S(=O)(=O)OCCCN2C(=O)c3ccccc3C2=O)cc1. The van der Waals surface area contributed by atoms with Crippen molar-refractivity contribution in [2.45, 2.75) is 18.2 Å². The van der Waals surface area contributed by atoms with E-state index in [0.717, 1.165) is 4.90 Å². The van der Waals surface area contributed by atoms with E-state index in [2.05, 4.69) is 0 Å². The lowest BCUT2D eigenvalue weighted by molar-refractivity contribution is 0.0647. The molecule has 0 saturated carbocycles. The van der Waals surface area contributed by atoms with Crippen molar-refractivity contribution in [1.82, 2.24) is 4.90 Å². The molecule has 8 heteroatoms. The zero-order chi connectivity index (χ0) is 19.4. The van der Waals surface area contributed by atoms with Crippen molar-refractivity contribution in [2.24, 2.45) is 0 Å². The van der Waals surface area contributed by atoms with Gasteiger partial charge in [0.05, 0.1) is 29.2 Å². The Morgan fingerprint density at radius 2 is 1.52 bits per heavy atom. The molecule has 0 fully saturated rings. The van der Waals surface area contributed by atoms with Crippen molar-refractivity contribution in [2.75, 3.05) is 19.8 Å². The molecule has 27 heavy (non-hydrogen) atoms. The summed E-state index contributed by atoms with van der Waals surface area (Å²) in [5, 5.41) is 0. The molecular weight excluding hydrogens is 370 g/mol. The van der Waals surface area contributed by atoms with Gasteiger partial charge < -0.3 is 4.74 Å². The van der Waals surface area contributed by atoms with Crippen LogP contribution in [-0.4, -0.2) is 44.9 Å². The van der Waals surface area contributed by atoms with Crippen molar-refractivity contribution in [3.05, 3.63) is 59.7 Å². The Morgan fingerprint density at radius 3 is 2.07 bits per heavy atom. The molecule has 0 spiro atoms. The van der Waals surface area contributed by atoms with Crippen LogP contribution in [0.25, 0.3) is 0 Å². The molecule has 0 N–H and O–H groups in total. The van der Waals surface area contributed by atoms with Gasteiger partial charge in [-0.05, 0) is 49.7 Å². The van der Waals surface area contributed by atoms with Crippen molar-refractivity contribution >= 4 is 21.9 Å². The number of carbonyl (C=O) groups is 2. The summed E-state index contributed by atoms with van der Waals surface area (Å²) in [5.41, 5.74) is 0.732. The standard InChI is InChI=1S/C19H19NO6S/c1-2-25-14-8-10-15(11-9-14)27(23,24)26-13-5-12-20-18(21)16-6-3-4-7-17(16)19(20)22/h3-4,6-11H,2,5,12-13H2,1H3. The lowest BCUT2D eigenvalue weighted by Crippen LogP contribution is -2.31. The third-order valence-electron chi connectivity index (χ3n) is 4.07. The van der Waals surface area contributed by atoms with Crippen molar-refractivity contribution < 1.29 is 26.9 Å². The Bertz CT molecular complexity index is 917. The third kappa shape index (κ3) is 4.01. The number of fused-ring (bicyclic) bond motifs is 1. The molecule has 1 heterocycles. The summed E-state index contributed by atoms with van der Waals surface area (Å²) in [5.74, 6) is -0.169. The van der Waals surface area contributed by atoms with Crippen LogP contribution in [0.3, 0.4) is 0 Å². The van der Waals surface area contributed by atoms with Crippen LogP contribution in [0.4, 0.5) is 0 Å². The molecular formula is C19H19NO6S. The van der Waals surface area contributed by atoms with Gasteiger partial charge >= 0.3 is 0 Å². The normalized spacial score (nSPS) is 13.7. The lowest BCUT2D eigenvalue weighted by atomic mass is 10.1. The van der Waals surface area contributed by atoms with Gasteiger partial charge in [-0.2, -0.15) is 8.42 Å². The van der Waals surface area contributed by atoms with Crippen LogP contribution in [0.5, 0.6) is 5.75 Å². The molecule has 0 bridgehead atoms. The quantitative estimate of drug-likeness (QED) is 0.391. The maximum Gasteiger partial charge on any atom is 0.296 e. The van der Waals surface area contributed by atoms with Gasteiger partial charge in [-0.1, -0.05) is 12.1 Å². The van der Waals surface area contributed by atoms with E-state index in [4.69, 9.17) is 8.92 Å². The van der Waals surface area contributed by atoms with Crippen LogP contribution in [0.1, 0.15) is 34.1 Å². The van der Waals surface area contributed by atoms with Gasteiger partial charge in [-0.15, -0.1) is 0 Å². The number of hydrogen-bond acceptors (Lipinski definition) is 6. The van der Waals surface area contributed by atoms with Crippen LogP contribution in [-0.2, 0) is 14.3 Å². The Balaban J connectivity index is 1.54. The predicted octanol–water partition coefficient (Wildman–Crippen LogP) is 2.48. The molecule has 7 nitrogen and oxygen atoms in total. The van der Waals surface area contributed by atoms with Crippen LogP contribution in [0, 0.1) is 0 Å². The van der Waals surface area contributed by atoms with E-state index in [1.807, 2.05) is 6.92 Å². The molecule has 142 valence electrons. The topological polar surface area (TPSA) is 90.0 Å². The fraction of sp³-hybridized carbons (Fsp3) is 0.263. The average Bonchev–Trinajstić information content (AvgIpc) is 2.91. The Morgan fingerprint density at radius 1 is 0.926 bits per heavy atom. The van der Waals surface area contributed by atoms with Crippen molar-refractivity contribution in [3.8, 4) is 5.75 Å². The number of imide groups is 1. The van der Waals surface area contributed by atoms with Gasteiger partial charge in [-0.3, -0.25) is 18.7 Å². The van der Waals surface area contributed by atoms with E-state index >= 15 is 0 Å². The molecule has 2 aromatic rings. The molecule has 2 aromatic carbocycles. The summed E-state index contributed by atoms with van der Waals surface area (Å²) in [6, 6.07) is 12.5. The average molecular weight is 389 g/mol. The number of carbonyl (C=O) groups excluding carboxylic acids is 2. The first-order valence-electron chi connectivity index (χ1n) is 8.51. The second-order valence-corrected chi connectivity index (χ2v) is 7.46. The summed E-state index contributed by atoms with van der Waals surface area (Å²) < 4.78 is 34.7. The summed E-state index contributed by atoms with van der Waals surface area (Å²) in [4.78, 5) is 25.6. The first kappa shape index (κ1) is 19.1. The largest absolute Gasteiger partial charge is 0.494 e. The minimum atomic E-state index is -3.91. The zero-order valence-electron chi connectivity index (χ0n) is 14.8. The first-order chi connectivity index (χ1) is 12.9. The monoisotopic (exact) mass is 389 g/mol. The maximum absolute atomic E-state index is 12.2. The third-order valence-corrected chi connectivity index (χ3v) is 5.39. The lowest BCUT2D eigenvalue weighted by Gasteiger charge is -2.13. The Labute approximate surface area is 157 Å². The summed E-state index contributed by atoms with van der Waals surface area (Å²) in [6.45, 7) is 2.27. The number of amides is 2. The molecule has 0 saturated heterocycles. The summed E-state index contributed by atoms with van der Waals surface area (Å²) >= 11 is 0. The number of ether oxygens (including phenoxy) is 1. The van der Waals surface area contributed by atoms with Crippen LogP contribution < -0.4 is 4.74 Å². The van der Waals surface area contributed by atoms with Crippen LogP contribution in [0.2, 0.25) is 0 Å². The fourth-order valence-electron chi connectivity index (χ4n) is 2.77. The number of rotatable bonds is 8.